The molecule has 0 saturated carbocycles. The molecule has 0 saturated heterocycles. The lowest BCUT2D eigenvalue weighted by atomic mass is 10.0. The molecule has 112 valence electrons. The van der Waals surface area contributed by atoms with Gasteiger partial charge < -0.3 is 20.1 Å². The Balaban J connectivity index is 2.12. The second-order valence-corrected chi connectivity index (χ2v) is 5.66. The molecule has 1 aliphatic heterocycles. The van der Waals surface area contributed by atoms with Gasteiger partial charge in [-0.3, -0.25) is 0 Å². The van der Waals surface area contributed by atoms with E-state index in [0.717, 1.165) is 18.8 Å². The predicted molar refractivity (Wildman–Crippen MR) is 82.7 cm³/mol. The number of hydrogen-bond acceptors (Lipinski definition) is 4. The minimum Gasteiger partial charge on any atom is -0.487 e. The van der Waals surface area contributed by atoms with Gasteiger partial charge in [0.25, 0.3) is 0 Å². The minimum atomic E-state index is 0.210. The first kappa shape index (κ1) is 15.1. The Bertz CT molecular complexity index is 434. The molecule has 0 spiro atoms. The predicted octanol–water partition coefficient (Wildman–Crippen LogP) is 2.37. The number of fused-ring (bicyclic) bond motifs is 1. The zero-order valence-corrected chi connectivity index (χ0v) is 12.8. The van der Waals surface area contributed by atoms with Crippen molar-refractivity contribution < 1.29 is 9.47 Å². The van der Waals surface area contributed by atoms with Crippen LogP contribution < -0.4 is 15.4 Å². The Kier molecular flexibility index (Phi) is 5.26. The molecule has 0 aromatic heterocycles. The van der Waals surface area contributed by atoms with Crippen LogP contribution in [0.4, 0.5) is 5.69 Å². The molecular weight excluding hydrogens is 252 g/mol. The van der Waals surface area contributed by atoms with E-state index in [2.05, 4.69) is 43.9 Å². The van der Waals surface area contributed by atoms with Crippen molar-refractivity contribution in [3.8, 4) is 5.75 Å². The van der Waals surface area contributed by atoms with Gasteiger partial charge in [0.2, 0.25) is 0 Å². The van der Waals surface area contributed by atoms with Crippen LogP contribution in [0, 0.1) is 0 Å². The van der Waals surface area contributed by atoms with Crippen molar-refractivity contribution >= 4 is 5.69 Å². The van der Waals surface area contributed by atoms with Crippen LogP contribution in [0.5, 0.6) is 5.75 Å². The van der Waals surface area contributed by atoms with Gasteiger partial charge in [-0.1, -0.05) is 19.9 Å². The van der Waals surface area contributed by atoms with E-state index in [-0.39, 0.29) is 6.10 Å². The fraction of sp³-hybridized carbons (Fsp3) is 0.625. The summed E-state index contributed by atoms with van der Waals surface area (Å²) in [7, 11) is 0. The lowest BCUT2D eigenvalue weighted by Crippen LogP contribution is -2.40. The van der Waals surface area contributed by atoms with Crippen molar-refractivity contribution in [2.24, 2.45) is 5.73 Å². The highest BCUT2D eigenvalue weighted by Crippen LogP contribution is 2.35. The number of nitrogens with two attached hydrogens (primary N) is 1. The summed E-state index contributed by atoms with van der Waals surface area (Å²) in [5.74, 6) is 1.50. The van der Waals surface area contributed by atoms with Gasteiger partial charge in [-0.25, -0.2) is 0 Å². The Morgan fingerprint density at radius 2 is 2.20 bits per heavy atom. The Labute approximate surface area is 121 Å². The Morgan fingerprint density at radius 3 is 2.90 bits per heavy atom. The molecule has 0 fully saturated rings. The molecule has 1 unspecified atom stereocenters. The highest BCUT2D eigenvalue weighted by Gasteiger charge is 2.23. The van der Waals surface area contributed by atoms with Crippen molar-refractivity contribution in [1.82, 2.24) is 0 Å². The largest absolute Gasteiger partial charge is 0.487 e. The number of rotatable bonds is 6. The van der Waals surface area contributed by atoms with Crippen molar-refractivity contribution in [3.05, 3.63) is 23.8 Å². The molecule has 1 aromatic carbocycles. The molecule has 0 aliphatic carbocycles. The number of ether oxygens (including phenoxy) is 2. The summed E-state index contributed by atoms with van der Waals surface area (Å²) < 4.78 is 11.4. The molecule has 2 rings (SSSR count). The molecule has 4 nitrogen and oxygen atoms in total. The van der Waals surface area contributed by atoms with E-state index in [0.29, 0.717) is 25.7 Å². The van der Waals surface area contributed by atoms with E-state index in [4.69, 9.17) is 15.2 Å². The van der Waals surface area contributed by atoms with Crippen LogP contribution in [0.3, 0.4) is 0 Å². The van der Waals surface area contributed by atoms with Crippen LogP contribution in [0.25, 0.3) is 0 Å². The summed E-state index contributed by atoms with van der Waals surface area (Å²) in [6.07, 6.45) is 0.210. The molecular formula is C16H26N2O2. The van der Waals surface area contributed by atoms with Gasteiger partial charge >= 0.3 is 0 Å². The van der Waals surface area contributed by atoms with Gasteiger partial charge in [0.15, 0.2) is 0 Å². The molecule has 0 amide bonds. The molecule has 1 atom stereocenters. The van der Waals surface area contributed by atoms with Gasteiger partial charge in [0.1, 0.15) is 11.9 Å². The molecule has 4 heteroatoms. The maximum Gasteiger partial charge on any atom is 0.143 e. The summed E-state index contributed by atoms with van der Waals surface area (Å²) >= 11 is 0. The second-order valence-electron chi connectivity index (χ2n) is 5.66. The van der Waals surface area contributed by atoms with Gasteiger partial charge in [0, 0.05) is 13.1 Å². The average molecular weight is 278 g/mol. The first-order valence-electron chi connectivity index (χ1n) is 7.45. The zero-order chi connectivity index (χ0) is 14.5. The third-order valence-corrected chi connectivity index (χ3v) is 3.56. The van der Waals surface area contributed by atoms with Gasteiger partial charge in [-0.15, -0.1) is 0 Å². The molecule has 2 N–H and O–H groups in total. The van der Waals surface area contributed by atoms with Crippen LogP contribution in [-0.2, 0) is 4.74 Å². The molecule has 20 heavy (non-hydrogen) atoms. The smallest absolute Gasteiger partial charge is 0.143 e. The van der Waals surface area contributed by atoms with Crippen LogP contribution >= 0.6 is 0 Å². The highest BCUT2D eigenvalue weighted by molar-refractivity contribution is 5.62. The Hall–Kier alpha value is -1.26. The summed E-state index contributed by atoms with van der Waals surface area (Å²) in [4.78, 5) is 2.35. The van der Waals surface area contributed by atoms with Gasteiger partial charge in [-0.05, 0) is 30.5 Å². The SMILES string of the molecule is CC1CN(CCOCCN)c2cc(C(C)C)ccc2O1. The lowest BCUT2D eigenvalue weighted by molar-refractivity contribution is 0.142. The van der Waals surface area contributed by atoms with Gasteiger partial charge in [0.05, 0.1) is 25.4 Å². The summed E-state index contributed by atoms with van der Waals surface area (Å²) in [5, 5.41) is 0. The van der Waals surface area contributed by atoms with Crippen molar-refractivity contribution in [2.45, 2.75) is 32.8 Å². The van der Waals surface area contributed by atoms with Crippen molar-refractivity contribution in [2.75, 3.05) is 37.7 Å². The maximum absolute atomic E-state index is 5.92. The quantitative estimate of drug-likeness (QED) is 0.812. The van der Waals surface area contributed by atoms with Gasteiger partial charge in [-0.2, -0.15) is 0 Å². The highest BCUT2D eigenvalue weighted by atomic mass is 16.5. The fourth-order valence-electron chi connectivity index (χ4n) is 2.47. The number of benzene rings is 1. The van der Waals surface area contributed by atoms with Crippen LogP contribution in [-0.4, -0.2) is 39.0 Å². The molecule has 1 aliphatic rings. The zero-order valence-electron chi connectivity index (χ0n) is 12.8. The minimum absolute atomic E-state index is 0.210. The van der Waals surface area contributed by atoms with Crippen LogP contribution in [0.2, 0.25) is 0 Å². The molecule has 1 heterocycles. The normalized spacial score (nSPS) is 18.1. The van der Waals surface area contributed by atoms with E-state index in [1.54, 1.807) is 0 Å². The Morgan fingerprint density at radius 1 is 1.40 bits per heavy atom. The first-order chi connectivity index (χ1) is 9.61. The average Bonchev–Trinajstić information content (AvgIpc) is 2.42. The molecule has 0 radical (unpaired) electrons. The van der Waals surface area contributed by atoms with Crippen molar-refractivity contribution in [1.29, 1.82) is 0 Å². The molecule has 1 aromatic rings. The monoisotopic (exact) mass is 278 g/mol. The van der Waals surface area contributed by atoms with Crippen LogP contribution in [0.1, 0.15) is 32.3 Å². The third kappa shape index (κ3) is 3.64. The number of anilines is 1. The third-order valence-electron chi connectivity index (χ3n) is 3.56. The second kappa shape index (κ2) is 6.95. The maximum atomic E-state index is 5.92. The topological polar surface area (TPSA) is 47.7 Å². The standard InChI is InChI=1S/C16H26N2O2/c1-12(2)14-4-5-16-15(10-14)18(11-13(3)20-16)7-9-19-8-6-17/h4-5,10,12-13H,6-9,11,17H2,1-3H3. The lowest BCUT2D eigenvalue weighted by Gasteiger charge is -2.35. The van der Waals surface area contributed by atoms with E-state index in [1.807, 2.05) is 0 Å². The van der Waals surface area contributed by atoms with E-state index in [9.17, 15) is 0 Å². The van der Waals surface area contributed by atoms with E-state index >= 15 is 0 Å². The summed E-state index contributed by atoms with van der Waals surface area (Å²) in [5.41, 5.74) is 7.97. The van der Waals surface area contributed by atoms with Crippen LogP contribution in [0.15, 0.2) is 18.2 Å². The first-order valence-corrected chi connectivity index (χ1v) is 7.45. The molecule has 0 bridgehead atoms. The van der Waals surface area contributed by atoms with Crippen molar-refractivity contribution in [3.63, 3.8) is 0 Å². The van der Waals surface area contributed by atoms with E-state index < -0.39 is 0 Å². The fourth-order valence-corrected chi connectivity index (χ4v) is 2.47. The summed E-state index contributed by atoms with van der Waals surface area (Å²) in [6, 6.07) is 6.49. The number of nitrogens with zero attached hydrogens (tertiary/aromatic N) is 1. The summed E-state index contributed by atoms with van der Waals surface area (Å²) in [6.45, 7) is 10.2. The van der Waals surface area contributed by atoms with E-state index in [1.165, 1.54) is 11.3 Å². The number of hydrogen-bond donors (Lipinski definition) is 1.